The minimum absolute atomic E-state index is 0.181. The Labute approximate surface area is 180 Å². The van der Waals surface area contributed by atoms with Gasteiger partial charge in [-0.25, -0.2) is 0 Å². The minimum atomic E-state index is -0.405. The number of nitrogens with one attached hydrogen (secondary N) is 1. The number of Topliss-reactive ketones (excluding diaryl/α,β-unsaturated/α-hetero) is 1. The summed E-state index contributed by atoms with van der Waals surface area (Å²) in [4.78, 5) is 24.5. The topological polar surface area (TPSA) is 64.6 Å². The summed E-state index contributed by atoms with van der Waals surface area (Å²) < 4.78 is 10.8. The van der Waals surface area contributed by atoms with E-state index in [0.717, 1.165) is 51.7 Å². The summed E-state index contributed by atoms with van der Waals surface area (Å²) in [6.07, 6.45) is 2.26. The summed E-state index contributed by atoms with van der Waals surface area (Å²) in [6, 6.07) is 18.0. The molecule has 5 heteroatoms. The van der Waals surface area contributed by atoms with Crippen LogP contribution in [-0.4, -0.2) is 18.9 Å². The van der Waals surface area contributed by atoms with Crippen LogP contribution in [0.15, 0.2) is 65.9 Å². The van der Waals surface area contributed by atoms with Gasteiger partial charge < -0.3 is 14.8 Å². The van der Waals surface area contributed by atoms with Gasteiger partial charge in [-0.1, -0.05) is 42.5 Å². The number of hydrogen-bond donors (Lipinski definition) is 1. The second-order valence-corrected chi connectivity index (χ2v) is 7.98. The molecule has 0 fully saturated rings. The average Bonchev–Trinajstić information content (AvgIpc) is 2.78. The fraction of sp³-hybridized carbons (Fsp3) is 0.231. The summed E-state index contributed by atoms with van der Waals surface area (Å²) >= 11 is 0. The number of benzene rings is 3. The molecule has 0 saturated heterocycles. The third kappa shape index (κ3) is 3.26. The van der Waals surface area contributed by atoms with Crippen molar-refractivity contribution in [3.8, 4) is 11.5 Å². The lowest BCUT2D eigenvalue weighted by molar-refractivity contribution is -0.132. The van der Waals surface area contributed by atoms with E-state index in [1.807, 2.05) is 24.3 Å². The first-order valence-corrected chi connectivity index (χ1v) is 10.5. The highest BCUT2D eigenvalue weighted by Crippen LogP contribution is 2.48. The van der Waals surface area contributed by atoms with Crippen molar-refractivity contribution >= 4 is 28.2 Å². The summed E-state index contributed by atoms with van der Waals surface area (Å²) in [5, 5.41) is 5.89. The molecule has 2 aliphatic rings. The zero-order chi connectivity index (χ0) is 21.5. The van der Waals surface area contributed by atoms with Crippen LogP contribution < -0.4 is 14.8 Å². The van der Waals surface area contributed by atoms with Crippen molar-refractivity contribution in [2.24, 2.45) is 0 Å². The molecule has 1 heterocycles. The molecule has 3 aromatic rings. The van der Waals surface area contributed by atoms with Crippen LogP contribution >= 0.6 is 0 Å². The highest BCUT2D eigenvalue weighted by molar-refractivity contribution is 6.04. The highest BCUT2D eigenvalue weighted by atomic mass is 16.6. The molecular formula is C26H23NO4. The van der Waals surface area contributed by atoms with Crippen molar-refractivity contribution in [2.75, 3.05) is 12.4 Å². The first-order valence-electron chi connectivity index (χ1n) is 10.5. The molecule has 0 bridgehead atoms. The number of methoxy groups -OCH3 is 1. The smallest absolute Gasteiger partial charge is 0.308 e. The number of carbonyl (C=O) groups is 2. The Balaban J connectivity index is 1.73. The van der Waals surface area contributed by atoms with Gasteiger partial charge in [0, 0.05) is 35.9 Å². The Hall–Kier alpha value is -3.60. The zero-order valence-electron chi connectivity index (χ0n) is 17.5. The van der Waals surface area contributed by atoms with Crippen molar-refractivity contribution in [2.45, 2.75) is 32.1 Å². The molecule has 0 spiro atoms. The molecule has 0 aromatic heterocycles. The van der Waals surface area contributed by atoms with Gasteiger partial charge in [-0.05, 0) is 41.5 Å². The molecule has 3 aromatic carbocycles. The van der Waals surface area contributed by atoms with Crippen LogP contribution in [0.4, 0.5) is 5.69 Å². The lowest BCUT2D eigenvalue weighted by Crippen LogP contribution is -2.27. The Bertz CT molecular complexity index is 1260. The van der Waals surface area contributed by atoms with Crippen LogP contribution in [0, 0.1) is 0 Å². The van der Waals surface area contributed by atoms with Gasteiger partial charge in [0.25, 0.3) is 0 Å². The Morgan fingerprint density at radius 2 is 1.87 bits per heavy atom. The third-order valence-electron chi connectivity index (χ3n) is 6.07. The number of hydrogen-bond acceptors (Lipinski definition) is 5. The van der Waals surface area contributed by atoms with Crippen LogP contribution in [0.3, 0.4) is 0 Å². The van der Waals surface area contributed by atoms with Gasteiger partial charge in [0.05, 0.1) is 12.8 Å². The molecule has 0 radical (unpaired) electrons. The molecular weight excluding hydrogens is 390 g/mol. The van der Waals surface area contributed by atoms with Gasteiger partial charge in [0.2, 0.25) is 0 Å². The number of fused-ring (bicyclic) bond motifs is 3. The van der Waals surface area contributed by atoms with E-state index in [1.54, 1.807) is 13.2 Å². The van der Waals surface area contributed by atoms with Gasteiger partial charge in [-0.2, -0.15) is 0 Å². The molecule has 1 aliphatic carbocycles. The number of carbonyl (C=O) groups excluding carboxylic acids is 2. The monoisotopic (exact) mass is 413 g/mol. The quantitative estimate of drug-likeness (QED) is 0.464. The predicted molar refractivity (Wildman–Crippen MR) is 120 cm³/mol. The maximum absolute atomic E-state index is 13.1. The van der Waals surface area contributed by atoms with E-state index in [2.05, 4.69) is 29.6 Å². The second-order valence-electron chi connectivity index (χ2n) is 7.98. The third-order valence-corrected chi connectivity index (χ3v) is 6.07. The molecule has 1 unspecified atom stereocenters. The Kier molecular flexibility index (Phi) is 4.74. The first kappa shape index (κ1) is 19.4. The van der Waals surface area contributed by atoms with Crippen LogP contribution in [0.25, 0.3) is 10.8 Å². The fourth-order valence-corrected chi connectivity index (χ4v) is 4.75. The summed E-state index contributed by atoms with van der Waals surface area (Å²) in [5.41, 5.74) is 4.90. The van der Waals surface area contributed by atoms with Crippen molar-refractivity contribution in [1.29, 1.82) is 0 Å². The number of esters is 1. The molecule has 1 N–H and O–H groups in total. The van der Waals surface area contributed by atoms with Crippen LogP contribution in [0.5, 0.6) is 11.5 Å². The van der Waals surface area contributed by atoms with Gasteiger partial charge in [-0.15, -0.1) is 0 Å². The average molecular weight is 413 g/mol. The van der Waals surface area contributed by atoms with E-state index in [0.29, 0.717) is 17.9 Å². The van der Waals surface area contributed by atoms with E-state index in [1.165, 1.54) is 6.92 Å². The summed E-state index contributed by atoms with van der Waals surface area (Å²) in [6.45, 7) is 1.36. The van der Waals surface area contributed by atoms with Gasteiger partial charge in [-0.3, -0.25) is 9.59 Å². The molecule has 156 valence electrons. The van der Waals surface area contributed by atoms with E-state index in [4.69, 9.17) is 9.47 Å². The highest BCUT2D eigenvalue weighted by Gasteiger charge is 2.36. The van der Waals surface area contributed by atoms with Gasteiger partial charge in [0.1, 0.15) is 0 Å². The maximum atomic E-state index is 13.1. The summed E-state index contributed by atoms with van der Waals surface area (Å²) in [5.74, 6) is 0.413. The SMILES string of the molecule is COc1cc(C2C3=C(CCCC3=O)Nc3c2ccc2ccccc32)ccc1OC(C)=O. The number of ketones is 1. The molecule has 31 heavy (non-hydrogen) atoms. The Morgan fingerprint density at radius 3 is 2.68 bits per heavy atom. The van der Waals surface area contributed by atoms with Gasteiger partial charge >= 0.3 is 5.97 Å². The van der Waals surface area contributed by atoms with Crippen molar-refractivity contribution in [1.82, 2.24) is 0 Å². The second kappa shape index (κ2) is 7.58. The van der Waals surface area contributed by atoms with Crippen LogP contribution in [0.1, 0.15) is 43.2 Å². The standard InChI is InChI=1S/C26H23NO4/c1-15(28)31-22-13-11-17(14-23(22)30-2)24-19-12-10-16-6-3-4-7-18(16)26(19)27-20-8-5-9-21(29)25(20)24/h3-4,6-7,10-14,24,27H,5,8-9H2,1-2H3. The predicted octanol–water partition coefficient (Wildman–Crippen LogP) is 5.34. The first-order chi connectivity index (χ1) is 15.1. The maximum Gasteiger partial charge on any atom is 0.308 e. The van der Waals surface area contributed by atoms with Crippen LogP contribution in [0.2, 0.25) is 0 Å². The van der Waals surface area contributed by atoms with E-state index >= 15 is 0 Å². The minimum Gasteiger partial charge on any atom is -0.493 e. The largest absolute Gasteiger partial charge is 0.493 e. The number of anilines is 1. The zero-order valence-corrected chi connectivity index (χ0v) is 17.5. The molecule has 0 amide bonds. The molecule has 0 saturated carbocycles. The fourth-order valence-electron chi connectivity index (χ4n) is 4.75. The normalized spacial score (nSPS) is 17.6. The van der Waals surface area contributed by atoms with Crippen molar-refractivity contribution < 1.29 is 19.1 Å². The number of allylic oxidation sites excluding steroid dienone is 2. The number of rotatable bonds is 3. The van der Waals surface area contributed by atoms with E-state index < -0.39 is 5.97 Å². The molecule has 1 atom stereocenters. The molecule has 1 aliphatic heterocycles. The molecule has 5 rings (SSSR count). The lowest BCUT2D eigenvalue weighted by Gasteiger charge is -2.35. The number of ether oxygens (including phenoxy) is 2. The van der Waals surface area contributed by atoms with Crippen LogP contribution in [-0.2, 0) is 9.59 Å². The Morgan fingerprint density at radius 1 is 1.03 bits per heavy atom. The lowest BCUT2D eigenvalue weighted by atomic mass is 9.75. The van der Waals surface area contributed by atoms with Crippen molar-refractivity contribution in [3.05, 3.63) is 77.0 Å². The van der Waals surface area contributed by atoms with Gasteiger partial charge in [0.15, 0.2) is 17.3 Å². The van der Waals surface area contributed by atoms with Crippen molar-refractivity contribution in [3.63, 3.8) is 0 Å². The summed E-state index contributed by atoms with van der Waals surface area (Å²) in [7, 11) is 1.55. The molecule has 5 nitrogen and oxygen atoms in total. The van der Waals surface area contributed by atoms with E-state index in [-0.39, 0.29) is 11.7 Å². The van der Waals surface area contributed by atoms with E-state index in [9.17, 15) is 9.59 Å².